The highest BCUT2D eigenvalue weighted by atomic mass is 19.2. The molecule has 0 bridgehead atoms. The lowest BCUT2D eigenvalue weighted by molar-refractivity contribution is 0.506. The van der Waals surface area contributed by atoms with E-state index in [9.17, 15) is 8.78 Å². The van der Waals surface area contributed by atoms with Gasteiger partial charge in [0, 0.05) is 13.1 Å². The van der Waals surface area contributed by atoms with Gasteiger partial charge in [-0.05, 0) is 43.1 Å². The average Bonchev–Trinajstić information content (AvgIpc) is 2.32. The minimum atomic E-state index is -0.787. The minimum Gasteiger partial charge on any atom is -0.315 e. The van der Waals surface area contributed by atoms with Gasteiger partial charge in [0.1, 0.15) is 0 Å². The van der Waals surface area contributed by atoms with Crippen LogP contribution in [0.2, 0.25) is 0 Å². The summed E-state index contributed by atoms with van der Waals surface area (Å²) in [4.78, 5) is 0. The first-order valence-corrected chi connectivity index (χ1v) is 6.45. The Bertz CT molecular complexity index is 354. The Morgan fingerprint density at radius 3 is 2.39 bits per heavy atom. The summed E-state index contributed by atoms with van der Waals surface area (Å²) >= 11 is 0. The lowest BCUT2D eigenvalue weighted by Crippen LogP contribution is -2.30. The SMILES string of the molecule is CC(C)CNCCNCCc1ccc(F)c(F)c1. The fraction of sp³-hybridized carbons (Fsp3) is 0.571. The van der Waals surface area contributed by atoms with E-state index in [4.69, 9.17) is 0 Å². The summed E-state index contributed by atoms with van der Waals surface area (Å²) in [6.45, 7) is 7.94. The maximum absolute atomic E-state index is 12.9. The number of benzene rings is 1. The predicted molar refractivity (Wildman–Crippen MR) is 70.6 cm³/mol. The van der Waals surface area contributed by atoms with Gasteiger partial charge in [-0.15, -0.1) is 0 Å². The van der Waals surface area contributed by atoms with Gasteiger partial charge in [-0.1, -0.05) is 19.9 Å². The molecular weight excluding hydrogens is 234 g/mol. The third kappa shape index (κ3) is 6.07. The van der Waals surface area contributed by atoms with Crippen LogP contribution in [0, 0.1) is 17.6 Å². The van der Waals surface area contributed by atoms with E-state index in [1.807, 2.05) is 0 Å². The van der Waals surface area contributed by atoms with Crippen LogP contribution < -0.4 is 10.6 Å². The molecule has 2 nitrogen and oxygen atoms in total. The molecule has 18 heavy (non-hydrogen) atoms. The zero-order valence-electron chi connectivity index (χ0n) is 11.1. The van der Waals surface area contributed by atoms with Crippen molar-refractivity contribution in [2.24, 2.45) is 5.92 Å². The largest absolute Gasteiger partial charge is 0.315 e. The van der Waals surface area contributed by atoms with Gasteiger partial charge in [0.2, 0.25) is 0 Å². The van der Waals surface area contributed by atoms with Gasteiger partial charge in [-0.25, -0.2) is 8.78 Å². The molecule has 0 aliphatic rings. The van der Waals surface area contributed by atoms with Gasteiger partial charge in [-0.2, -0.15) is 0 Å². The van der Waals surface area contributed by atoms with Crippen molar-refractivity contribution in [1.29, 1.82) is 0 Å². The first-order chi connectivity index (χ1) is 8.59. The van der Waals surface area contributed by atoms with Gasteiger partial charge >= 0.3 is 0 Å². The van der Waals surface area contributed by atoms with Crippen LogP contribution in [0.4, 0.5) is 8.78 Å². The highest BCUT2D eigenvalue weighted by molar-refractivity contribution is 5.17. The molecule has 0 aliphatic carbocycles. The molecule has 0 aromatic heterocycles. The normalized spacial score (nSPS) is 11.2. The highest BCUT2D eigenvalue weighted by Gasteiger charge is 2.01. The Labute approximate surface area is 108 Å². The molecule has 0 spiro atoms. The molecule has 0 saturated carbocycles. The Morgan fingerprint density at radius 2 is 1.72 bits per heavy atom. The molecule has 102 valence electrons. The molecular formula is C14H22F2N2. The van der Waals surface area contributed by atoms with Crippen molar-refractivity contribution >= 4 is 0 Å². The third-order valence-electron chi connectivity index (χ3n) is 2.61. The summed E-state index contributed by atoms with van der Waals surface area (Å²) in [6, 6.07) is 4.06. The second-order valence-electron chi connectivity index (χ2n) is 4.85. The van der Waals surface area contributed by atoms with Crippen LogP contribution in [0.25, 0.3) is 0 Å². The van der Waals surface area contributed by atoms with Gasteiger partial charge in [-0.3, -0.25) is 0 Å². The first-order valence-electron chi connectivity index (χ1n) is 6.45. The van der Waals surface area contributed by atoms with Crippen LogP contribution in [0.15, 0.2) is 18.2 Å². The van der Waals surface area contributed by atoms with Crippen molar-refractivity contribution in [3.8, 4) is 0 Å². The van der Waals surface area contributed by atoms with E-state index in [0.29, 0.717) is 12.3 Å². The minimum absolute atomic E-state index is 0.659. The molecule has 0 atom stereocenters. The molecule has 0 fully saturated rings. The van der Waals surface area contributed by atoms with Crippen molar-refractivity contribution < 1.29 is 8.78 Å². The van der Waals surface area contributed by atoms with Gasteiger partial charge in [0.15, 0.2) is 11.6 Å². The molecule has 0 saturated heterocycles. The van der Waals surface area contributed by atoms with Crippen LogP contribution in [0.5, 0.6) is 0 Å². The average molecular weight is 256 g/mol. The summed E-state index contributed by atoms with van der Waals surface area (Å²) in [6.07, 6.45) is 0.710. The lowest BCUT2D eigenvalue weighted by atomic mass is 10.1. The summed E-state index contributed by atoms with van der Waals surface area (Å²) in [5.74, 6) is -0.900. The fourth-order valence-electron chi connectivity index (χ4n) is 1.62. The van der Waals surface area contributed by atoms with Crippen LogP contribution >= 0.6 is 0 Å². The van der Waals surface area contributed by atoms with E-state index in [1.54, 1.807) is 6.07 Å². The summed E-state index contributed by atoms with van der Waals surface area (Å²) in [5, 5.41) is 6.59. The molecule has 0 amide bonds. The molecule has 4 heteroatoms. The molecule has 0 heterocycles. The Morgan fingerprint density at radius 1 is 1.00 bits per heavy atom. The number of hydrogen-bond acceptors (Lipinski definition) is 2. The van der Waals surface area contributed by atoms with Gasteiger partial charge in [0.25, 0.3) is 0 Å². The lowest BCUT2D eigenvalue weighted by Gasteiger charge is -2.08. The molecule has 0 unspecified atom stereocenters. The van der Waals surface area contributed by atoms with E-state index in [1.165, 1.54) is 12.1 Å². The second-order valence-corrected chi connectivity index (χ2v) is 4.85. The molecule has 1 aromatic carbocycles. The number of nitrogens with one attached hydrogen (secondary N) is 2. The van der Waals surface area contributed by atoms with E-state index in [0.717, 1.165) is 31.7 Å². The van der Waals surface area contributed by atoms with E-state index in [2.05, 4.69) is 24.5 Å². The van der Waals surface area contributed by atoms with Crippen molar-refractivity contribution in [2.45, 2.75) is 20.3 Å². The van der Waals surface area contributed by atoms with E-state index < -0.39 is 11.6 Å². The van der Waals surface area contributed by atoms with Gasteiger partial charge in [0.05, 0.1) is 0 Å². The molecule has 0 aliphatic heterocycles. The number of hydrogen-bond donors (Lipinski definition) is 2. The van der Waals surface area contributed by atoms with E-state index >= 15 is 0 Å². The fourth-order valence-corrected chi connectivity index (χ4v) is 1.62. The Kier molecular flexibility index (Phi) is 6.83. The molecule has 2 N–H and O–H groups in total. The number of rotatable bonds is 8. The van der Waals surface area contributed by atoms with E-state index in [-0.39, 0.29) is 0 Å². The smallest absolute Gasteiger partial charge is 0.159 e. The zero-order valence-corrected chi connectivity index (χ0v) is 11.1. The topological polar surface area (TPSA) is 24.1 Å². The Balaban J connectivity index is 2.09. The van der Waals surface area contributed by atoms with Gasteiger partial charge < -0.3 is 10.6 Å². The summed E-state index contributed by atoms with van der Waals surface area (Å²) < 4.78 is 25.6. The first kappa shape index (κ1) is 15.1. The second kappa shape index (κ2) is 8.16. The monoisotopic (exact) mass is 256 g/mol. The summed E-state index contributed by atoms with van der Waals surface area (Å²) in [7, 11) is 0. The summed E-state index contributed by atoms with van der Waals surface area (Å²) in [5.41, 5.74) is 0.816. The number of halogens is 2. The standard InChI is InChI=1S/C14H22F2N2/c1-11(2)10-18-8-7-17-6-5-12-3-4-13(15)14(16)9-12/h3-4,9,11,17-18H,5-8,10H2,1-2H3. The molecule has 1 aromatic rings. The zero-order chi connectivity index (χ0) is 13.4. The molecule has 1 rings (SSSR count). The van der Waals surface area contributed by atoms with Crippen LogP contribution in [0.3, 0.4) is 0 Å². The van der Waals surface area contributed by atoms with Crippen LogP contribution in [-0.2, 0) is 6.42 Å². The van der Waals surface area contributed by atoms with Crippen LogP contribution in [0.1, 0.15) is 19.4 Å². The quantitative estimate of drug-likeness (QED) is 0.698. The predicted octanol–water partition coefficient (Wildman–Crippen LogP) is 2.34. The molecule has 0 radical (unpaired) electrons. The maximum atomic E-state index is 12.9. The van der Waals surface area contributed by atoms with Crippen molar-refractivity contribution in [3.05, 3.63) is 35.4 Å². The van der Waals surface area contributed by atoms with Crippen LogP contribution in [-0.4, -0.2) is 26.2 Å². The van der Waals surface area contributed by atoms with Crippen molar-refractivity contribution in [2.75, 3.05) is 26.2 Å². The maximum Gasteiger partial charge on any atom is 0.159 e. The Hall–Kier alpha value is -1.00. The third-order valence-corrected chi connectivity index (χ3v) is 2.61. The van der Waals surface area contributed by atoms with Crippen molar-refractivity contribution in [1.82, 2.24) is 10.6 Å². The highest BCUT2D eigenvalue weighted by Crippen LogP contribution is 2.08. The van der Waals surface area contributed by atoms with Crippen molar-refractivity contribution in [3.63, 3.8) is 0 Å².